The number of sulfonamides is 1. The van der Waals surface area contributed by atoms with Crippen LogP contribution in [0.3, 0.4) is 0 Å². The summed E-state index contributed by atoms with van der Waals surface area (Å²) in [6.07, 6.45) is 8.02. The van der Waals surface area contributed by atoms with Crippen LogP contribution < -0.4 is 5.32 Å². The maximum absolute atomic E-state index is 12.5. The van der Waals surface area contributed by atoms with E-state index in [1.54, 1.807) is 12.1 Å². The van der Waals surface area contributed by atoms with E-state index in [2.05, 4.69) is 10.3 Å². The number of pyridine rings is 1. The first-order valence-corrected chi connectivity index (χ1v) is 11.0. The molecular weight excluding hydrogens is 352 g/mol. The van der Waals surface area contributed by atoms with Crippen LogP contribution in [0.15, 0.2) is 23.2 Å². The zero-order chi connectivity index (χ0) is 18.4. The normalized spacial score (nSPS) is 19.5. The van der Waals surface area contributed by atoms with E-state index in [1.807, 2.05) is 4.90 Å². The van der Waals surface area contributed by atoms with Crippen LogP contribution >= 0.6 is 0 Å². The Morgan fingerprint density at radius 1 is 1.04 bits per heavy atom. The summed E-state index contributed by atoms with van der Waals surface area (Å²) >= 11 is 0. The second-order valence-electron chi connectivity index (χ2n) is 6.96. The second-order valence-corrected chi connectivity index (χ2v) is 8.90. The Morgan fingerprint density at radius 2 is 1.81 bits per heavy atom. The zero-order valence-corrected chi connectivity index (χ0v) is 16.0. The number of amides is 1. The number of nitrogens with zero attached hydrogens (tertiary/aromatic N) is 3. The van der Waals surface area contributed by atoms with Gasteiger partial charge >= 0.3 is 0 Å². The third kappa shape index (κ3) is 4.73. The van der Waals surface area contributed by atoms with Gasteiger partial charge in [-0.15, -0.1) is 0 Å². The lowest BCUT2D eigenvalue weighted by atomic mass is 10.2. The van der Waals surface area contributed by atoms with Gasteiger partial charge in [0.1, 0.15) is 10.7 Å². The van der Waals surface area contributed by atoms with Crippen molar-refractivity contribution in [3.05, 3.63) is 18.3 Å². The molecule has 26 heavy (non-hydrogen) atoms. The highest BCUT2D eigenvalue weighted by Crippen LogP contribution is 2.21. The average Bonchev–Trinajstić information content (AvgIpc) is 3.11. The highest BCUT2D eigenvalue weighted by atomic mass is 32.2. The fourth-order valence-electron chi connectivity index (χ4n) is 3.48. The molecule has 3 heterocycles. The topological polar surface area (TPSA) is 82.6 Å². The van der Waals surface area contributed by atoms with Crippen LogP contribution in [-0.2, 0) is 14.8 Å². The zero-order valence-electron chi connectivity index (χ0n) is 15.2. The van der Waals surface area contributed by atoms with Crippen molar-refractivity contribution in [2.24, 2.45) is 0 Å². The number of anilines is 1. The van der Waals surface area contributed by atoms with Crippen molar-refractivity contribution in [1.29, 1.82) is 0 Å². The fourth-order valence-corrected chi connectivity index (χ4v) is 4.94. The minimum Gasteiger partial charge on any atom is -0.370 e. The third-order valence-corrected chi connectivity index (χ3v) is 6.90. The highest BCUT2D eigenvalue weighted by molar-refractivity contribution is 7.89. The molecule has 3 rings (SSSR count). The van der Waals surface area contributed by atoms with Gasteiger partial charge in [-0.1, -0.05) is 6.42 Å². The molecule has 0 saturated carbocycles. The van der Waals surface area contributed by atoms with Crippen LogP contribution in [0.25, 0.3) is 0 Å². The van der Waals surface area contributed by atoms with E-state index in [1.165, 1.54) is 10.5 Å². The van der Waals surface area contributed by atoms with Crippen molar-refractivity contribution in [3.63, 3.8) is 0 Å². The van der Waals surface area contributed by atoms with E-state index in [4.69, 9.17) is 0 Å². The molecule has 1 aromatic rings. The minimum absolute atomic E-state index is 0.250. The Labute approximate surface area is 155 Å². The molecule has 1 aromatic heterocycles. The SMILES string of the molecule is O=C1CCCCCN1CCCNc1ccc(S(=O)(=O)N2CCCC2)cn1. The summed E-state index contributed by atoms with van der Waals surface area (Å²) < 4.78 is 26.5. The number of carbonyl (C=O) groups excluding carboxylic acids is 1. The molecule has 0 bridgehead atoms. The van der Waals surface area contributed by atoms with Gasteiger partial charge in [-0.25, -0.2) is 13.4 Å². The molecule has 0 aromatic carbocycles. The molecule has 2 fully saturated rings. The lowest BCUT2D eigenvalue weighted by Crippen LogP contribution is -2.32. The fraction of sp³-hybridized carbons (Fsp3) is 0.667. The van der Waals surface area contributed by atoms with Crippen molar-refractivity contribution in [1.82, 2.24) is 14.2 Å². The predicted molar refractivity (Wildman–Crippen MR) is 100 cm³/mol. The number of rotatable bonds is 7. The van der Waals surface area contributed by atoms with Gasteiger partial charge in [-0.05, 0) is 44.2 Å². The first-order valence-electron chi connectivity index (χ1n) is 9.55. The monoisotopic (exact) mass is 380 g/mol. The number of carbonyl (C=O) groups is 1. The van der Waals surface area contributed by atoms with E-state index in [-0.39, 0.29) is 10.8 Å². The summed E-state index contributed by atoms with van der Waals surface area (Å²) in [5.74, 6) is 0.921. The van der Waals surface area contributed by atoms with Crippen LogP contribution in [0, 0.1) is 0 Å². The Morgan fingerprint density at radius 3 is 2.54 bits per heavy atom. The molecule has 0 atom stereocenters. The molecular formula is C18H28N4O3S. The molecule has 0 radical (unpaired) electrons. The molecule has 2 aliphatic heterocycles. The Balaban J connectivity index is 1.46. The highest BCUT2D eigenvalue weighted by Gasteiger charge is 2.27. The lowest BCUT2D eigenvalue weighted by Gasteiger charge is -2.20. The summed E-state index contributed by atoms with van der Waals surface area (Å²) in [4.78, 5) is 18.4. The van der Waals surface area contributed by atoms with Gasteiger partial charge in [0.05, 0.1) is 0 Å². The quantitative estimate of drug-likeness (QED) is 0.732. The molecule has 2 aliphatic rings. The van der Waals surface area contributed by atoms with E-state index >= 15 is 0 Å². The molecule has 8 heteroatoms. The van der Waals surface area contributed by atoms with Gasteiger partial charge in [0.2, 0.25) is 15.9 Å². The molecule has 0 spiro atoms. The predicted octanol–water partition coefficient (Wildman–Crippen LogP) is 2.07. The third-order valence-electron chi connectivity index (χ3n) is 5.02. The van der Waals surface area contributed by atoms with E-state index in [0.29, 0.717) is 31.9 Å². The summed E-state index contributed by atoms with van der Waals surface area (Å²) in [6, 6.07) is 3.32. The van der Waals surface area contributed by atoms with Crippen molar-refractivity contribution in [2.75, 3.05) is 38.0 Å². The van der Waals surface area contributed by atoms with Crippen LogP contribution in [-0.4, -0.2) is 61.2 Å². The summed E-state index contributed by atoms with van der Waals surface area (Å²) in [5.41, 5.74) is 0. The van der Waals surface area contributed by atoms with Gasteiger partial charge in [-0.3, -0.25) is 4.79 Å². The number of nitrogens with one attached hydrogen (secondary N) is 1. The molecule has 1 amide bonds. The molecule has 2 saturated heterocycles. The molecule has 1 N–H and O–H groups in total. The maximum Gasteiger partial charge on any atom is 0.244 e. The van der Waals surface area contributed by atoms with Crippen LogP contribution in [0.5, 0.6) is 0 Å². The molecule has 7 nitrogen and oxygen atoms in total. The van der Waals surface area contributed by atoms with E-state index < -0.39 is 10.0 Å². The second kappa shape index (κ2) is 8.81. The van der Waals surface area contributed by atoms with Crippen molar-refractivity contribution in [2.45, 2.75) is 49.8 Å². The van der Waals surface area contributed by atoms with Crippen LogP contribution in [0.1, 0.15) is 44.9 Å². The smallest absolute Gasteiger partial charge is 0.244 e. The lowest BCUT2D eigenvalue weighted by molar-refractivity contribution is -0.130. The standard InChI is InChI=1S/C18H28N4O3S/c23-18-7-2-1-3-11-21(18)12-6-10-19-17-9-8-16(15-20-17)26(24,25)22-13-4-5-14-22/h8-9,15H,1-7,10-14H2,(H,19,20). The molecule has 0 unspecified atom stereocenters. The Hall–Kier alpha value is -1.67. The molecule has 144 valence electrons. The van der Waals surface area contributed by atoms with Crippen molar-refractivity contribution >= 4 is 21.7 Å². The number of hydrogen-bond donors (Lipinski definition) is 1. The van der Waals surface area contributed by atoms with Gasteiger partial charge in [0.25, 0.3) is 0 Å². The summed E-state index contributed by atoms with van der Waals surface area (Å²) in [5, 5.41) is 3.21. The summed E-state index contributed by atoms with van der Waals surface area (Å²) in [7, 11) is -3.41. The largest absolute Gasteiger partial charge is 0.370 e. The van der Waals surface area contributed by atoms with E-state index in [9.17, 15) is 13.2 Å². The van der Waals surface area contributed by atoms with Crippen LogP contribution in [0.2, 0.25) is 0 Å². The van der Waals surface area contributed by atoms with Gasteiger partial charge in [0.15, 0.2) is 0 Å². The van der Waals surface area contributed by atoms with Crippen molar-refractivity contribution < 1.29 is 13.2 Å². The number of aromatic nitrogens is 1. The van der Waals surface area contributed by atoms with Gasteiger partial charge in [0, 0.05) is 45.3 Å². The maximum atomic E-state index is 12.5. The van der Waals surface area contributed by atoms with Gasteiger partial charge in [-0.2, -0.15) is 4.31 Å². The minimum atomic E-state index is -3.41. The molecule has 0 aliphatic carbocycles. The Bertz CT molecular complexity index is 700. The number of likely N-dealkylation sites (tertiary alicyclic amines) is 1. The number of hydrogen-bond acceptors (Lipinski definition) is 5. The Kier molecular flexibility index (Phi) is 6.48. The first kappa shape index (κ1) is 19.1. The first-order chi connectivity index (χ1) is 12.6. The van der Waals surface area contributed by atoms with Gasteiger partial charge < -0.3 is 10.2 Å². The van der Waals surface area contributed by atoms with Crippen molar-refractivity contribution in [3.8, 4) is 0 Å². The summed E-state index contributed by atoms with van der Waals surface area (Å²) in [6.45, 7) is 3.51. The van der Waals surface area contributed by atoms with Crippen LogP contribution in [0.4, 0.5) is 5.82 Å². The van der Waals surface area contributed by atoms with E-state index in [0.717, 1.165) is 51.6 Å². The average molecular weight is 381 g/mol.